The normalized spacial score (nSPS) is 14.7. The maximum atomic E-state index is 10.7. The lowest BCUT2D eigenvalue weighted by atomic mass is 9.64. The predicted octanol–water partition coefficient (Wildman–Crippen LogP) is 5.35. The molecule has 3 rings (SSSR count). The van der Waals surface area contributed by atoms with Crippen molar-refractivity contribution < 1.29 is 19.6 Å². The molecule has 3 unspecified atom stereocenters. The van der Waals surface area contributed by atoms with Crippen molar-refractivity contribution in [1.82, 2.24) is 0 Å². The highest BCUT2D eigenvalue weighted by Gasteiger charge is 2.38. The Labute approximate surface area is 185 Å². The van der Waals surface area contributed by atoms with Crippen LogP contribution in [0.3, 0.4) is 0 Å². The number of aliphatic hydroxyl groups is 1. The van der Waals surface area contributed by atoms with Gasteiger partial charge in [-0.1, -0.05) is 97.9 Å². The van der Waals surface area contributed by atoms with Gasteiger partial charge in [-0.3, -0.25) is 0 Å². The molecule has 0 aliphatic carbocycles. The number of rotatable bonds is 11. The zero-order valence-electron chi connectivity index (χ0n) is 18.5. The Hall–Kier alpha value is -2.50. The van der Waals surface area contributed by atoms with Crippen molar-refractivity contribution in [3.8, 4) is 0 Å². The van der Waals surface area contributed by atoms with Crippen LogP contribution in [-0.4, -0.2) is 31.7 Å². The molecule has 3 atom stereocenters. The molecule has 0 aliphatic heterocycles. The van der Waals surface area contributed by atoms with Crippen molar-refractivity contribution in [3.63, 3.8) is 0 Å². The van der Waals surface area contributed by atoms with E-state index in [2.05, 4.69) is 79.7 Å². The van der Waals surface area contributed by atoms with Crippen LogP contribution < -0.4 is 0 Å². The molecule has 0 radical (unpaired) electrons. The molecule has 0 saturated carbocycles. The van der Waals surface area contributed by atoms with Crippen molar-refractivity contribution in [1.29, 1.82) is 0 Å². The topological polar surface area (TPSA) is 47.9 Å². The molecule has 0 spiro atoms. The van der Waals surface area contributed by atoms with Gasteiger partial charge in [-0.2, -0.15) is 0 Å². The van der Waals surface area contributed by atoms with E-state index in [0.717, 1.165) is 6.42 Å². The highest BCUT2D eigenvalue weighted by Crippen LogP contribution is 2.44. The molecule has 3 aromatic carbocycles. The first kappa shape index (κ1) is 23.2. The smallest absolute Gasteiger partial charge is 0.217 e. The molecule has 4 heteroatoms. The van der Waals surface area contributed by atoms with Crippen molar-refractivity contribution in [2.45, 2.75) is 37.6 Å². The third kappa shape index (κ3) is 5.41. The molecule has 4 nitrogen and oxygen atoms in total. The molecule has 0 fully saturated rings. The highest BCUT2D eigenvalue weighted by molar-refractivity contribution is 5.50. The summed E-state index contributed by atoms with van der Waals surface area (Å²) in [5, 5.41) is 10.7. The van der Waals surface area contributed by atoms with E-state index in [9.17, 15) is 5.11 Å². The average Bonchev–Trinajstić information content (AvgIpc) is 2.82. The van der Waals surface area contributed by atoms with E-state index in [4.69, 9.17) is 14.5 Å². The van der Waals surface area contributed by atoms with E-state index in [0.29, 0.717) is 6.42 Å². The SMILES string of the molecule is COOC(OC)C(O)CC(C)CC(c1ccccc1)(c1ccccc1)c1ccccc1. The molecule has 31 heavy (non-hydrogen) atoms. The van der Waals surface area contributed by atoms with Crippen molar-refractivity contribution >= 4 is 0 Å². The van der Waals surface area contributed by atoms with Crippen molar-refractivity contribution in [3.05, 3.63) is 108 Å². The van der Waals surface area contributed by atoms with Crippen LogP contribution in [0.2, 0.25) is 0 Å². The monoisotopic (exact) mass is 420 g/mol. The Kier molecular flexibility index (Phi) is 8.38. The predicted molar refractivity (Wildman–Crippen MR) is 123 cm³/mol. The fraction of sp³-hybridized carbons (Fsp3) is 0.333. The number of hydrogen-bond donors (Lipinski definition) is 1. The van der Waals surface area contributed by atoms with E-state index >= 15 is 0 Å². The Bertz CT molecular complexity index is 786. The van der Waals surface area contributed by atoms with Gasteiger partial charge in [0, 0.05) is 12.5 Å². The maximum absolute atomic E-state index is 10.7. The second kappa shape index (κ2) is 11.2. The minimum Gasteiger partial charge on any atom is -0.388 e. The first-order valence-corrected chi connectivity index (χ1v) is 10.7. The summed E-state index contributed by atoms with van der Waals surface area (Å²) in [4.78, 5) is 9.79. The van der Waals surface area contributed by atoms with Gasteiger partial charge in [0.2, 0.25) is 6.29 Å². The molecule has 3 aromatic rings. The molecular weight excluding hydrogens is 388 g/mol. The van der Waals surface area contributed by atoms with Gasteiger partial charge in [-0.25, -0.2) is 9.78 Å². The second-order valence-corrected chi connectivity index (χ2v) is 7.98. The van der Waals surface area contributed by atoms with Crippen molar-refractivity contribution in [2.75, 3.05) is 14.2 Å². The van der Waals surface area contributed by atoms with E-state index in [1.807, 2.05) is 18.2 Å². The number of benzene rings is 3. The minimum atomic E-state index is -0.827. The van der Waals surface area contributed by atoms with Crippen LogP contribution in [0.15, 0.2) is 91.0 Å². The lowest BCUT2D eigenvalue weighted by Crippen LogP contribution is -2.35. The Morgan fingerprint density at radius 2 is 1.16 bits per heavy atom. The Morgan fingerprint density at radius 1 is 0.742 bits per heavy atom. The largest absolute Gasteiger partial charge is 0.388 e. The van der Waals surface area contributed by atoms with Gasteiger partial charge in [-0.15, -0.1) is 0 Å². The Balaban J connectivity index is 2.04. The molecule has 0 heterocycles. The number of ether oxygens (including phenoxy) is 1. The summed E-state index contributed by atoms with van der Waals surface area (Å²) in [6.45, 7) is 2.16. The van der Waals surface area contributed by atoms with Crippen molar-refractivity contribution in [2.24, 2.45) is 5.92 Å². The zero-order chi connectivity index (χ0) is 22.1. The van der Waals surface area contributed by atoms with E-state index in [1.165, 1.54) is 30.9 Å². The highest BCUT2D eigenvalue weighted by atomic mass is 17.2. The van der Waals surface area contributed by atoms with E-state index in [1.54, 1.807) is 0 Å². The van der Waals surface area contributed by atoms with Gasteiger partial charge in [-0.05, 0) is 35.4 Å². The van der Waals surface area contributed by atoms with Gasteiger partial charge in [0.1, 0.15) is 6.10 Å². The molecule has 0 amide bonds. The molecule has 0 aromatic heterocycles. The summed E-state index contributed by atoms with van der Waals surface area (Å²) in [7, 11) is 2.91. The van der Waals surface area contributed by atoms with Gasteiger partial charge >= 0.3 is 0 Å². The molecule has 0 saturated heterocycles. The van der Waals surface area contributed by atoms with Crippen LogP contribution in [0.5, 0.6) is 0 Å². The lowest BCUT2D eigenvalue weighted by Gasteiger charge is -2.39. The lowest BCUT2D eigenvalue weighted by molar-refractivity contribution is -0.377. The summed E-state index contributed by atoms with van der Waals surface area (Å²) in [6, 6.07) is 31.8. The van der Waals surface area contributed by atoms with Crippen LogP contribution in [0.4, 0.5) is 0 Å². The summed E-state index contributed by atoms with van der Waals surface area (Å²) in [6.07, 6.45) is -0.311. The van der Waals surface area contributed by atoms with Gasteiger partial charge in [0.05, 0.1) is 7.11 Å². The fourth-order valence-electron chi connectivity index (χ4n) is 4.51. The summed E-state index contributed by atoms with van der Waals surface area (Å²) < 4.78 is 5.24. The van der Waals surface area contributed by atoms with Crippen LogP contribution in [0, 0.1) is 5.92 Å². The van der Waals surface area contributed by atoms with Gasteiger partial charge in [0.15, 0.2) is 0 Å². The summed E-state index contributed by atoms with van der Waals surface area (Å²) >= 11 is 0. The van der Waals surface area contributed by atoms with Gasteiger partial charge < -0.3 is 9.84 Å². The van der Waals surface area contributed by atoms with Crippen LogP contribution in [-0.2, 0) is 19.9 Å². The number of hydrogen-bond acceptors (Lipinski definition) is 4. The maximum Gasteiger partial charge on any atom is 0.217 e. The molecule has 1 N–H and O–H groups in total. The fourth-order valence-corrected chi connectivity index (χ4v) is 4.51. The average molecular weight is 421 g/mol. The standard InChI is InChI=1S/C27H32O4/c1-21(19-25(28)26(29-2)31-30-3)20-27(22-13-7-4-8-14-22,23-15-9-5-10-16-23)24-17-11-6-12-18-24/h4-18,21,25-26,28H,19-20H2,1-3H3. The molecule has 0 bridgehead atoms. The summed E-state index contributed by atoms with van der Waals surface area (Å²) in [5.41, 5.74) is 3.33. The van der Waals surface area contributed by atoms with Crippen LogP contribution in [0.1, 0.15) is 36.5 Å². The third-order valence-corrected chi connectivity index (χ3v) is 5.84. The molecule has 0 aliphatic rings. The van der Waals surface area contributed by atoms with E-state index in [-0.39, 0.29) is 11.3 Å². The molecule has 164 valence electrons. The zero-order valence-corrected chi connectivity index (χ0v) is 18.5. The first-order valence-electron chi connectivity index (χ1n) is 10.7. The van der Waals surface area contributed by atoms with Crippen LogP contribution in [0.25, 0.3) is 0 Å². The number of methoxy groups -OCH3 is 1. The molecular formula is C27H32O4. The minimum absolute atomic E-state index is 0.161. The Morgan fingerprint density at radius 3 is 1.52 bits per heavy atom. The quantitative estimate of drug-likeness (QED) is 0.197. The van der Waals surface area contributed by atoms with Crippen LogP contribution >= 0.6 is 0 Å². The second-order valence-electron chi connectivity index (χ2n) is 7.98. The number of aliphatic hydroxyl groups excluding tert-OH is 1. The third-order valence-electron chi connectivity index (χ3n) is 5.84. The van der Waals surface area contributed by atoms with E-state index < -0.39 is 12.4 Å². The summed E-state index contributed by atoms with van der Waals surface area (Å²) in [5.74, 6) is 0.161. The first-order chi connectivity index (χ1) is 15.1. The van der Waals surface area contributed by atoms with Gasteiger partial charge in [0.25, 0.3) is 0 Å².